The molecule has 96 valence electrons. The molecule has 17 heavy (non-hydrogen) atoms. The number of aromatic nitrogens is 2. The van der Waals surface area contributed by atoms with E-state index in [9.17, 15) is 0 Å². The van der Waals surface area contributed by atoms with E-state index >= 15 is 0 Å². The first-order chi connectivity index (χ1) is 8.09. The van der Waals surface area contributed by atoms with Crippen molar-refractivity contribution in [3.8, 4) is 0 Å². The standard InChI is InChI=1S/C12H22N4O/c1-8(2)9(3)12-14-11(15-17-12)10-7-13-5-6-16(10)4/h8-10,13H,5-7H2,1-4H3. The third kappa shape index (κ3) is 2.66. The Balaban J connectivity index is 2.12. The van der Waals surface area contributed by atoms with Crippen molar-refractivity contribution in [2.45, 2.75) is 32.7 Å². The first-order valence-electron chi connectivity index (χ1n) is 6.34. The van der Waals surface area contributed by atoms with E-state index in [0.717, 1.165) is 31.3 Å². The van der Waals surface area contributed by atoms with Crippen molar-refractivity contribution in [3.05, 3.63) is 11.7 Å². The summed E-state index contributed by atoms with van der Waals surface area (Å²) in [6.07, 6.45) is 0. The Hall–Kier alpha value is -0.940. The topological polar surface area (TPSA) is 54.2 Å². The zero-order valence-corrected chi connectivity index (χ0v) is 11.1. The highest BCUT2D eigenvalue weighted by atomic mass is 16.5. The number of rotatable bonds is 3. The Morgan fingerprint density at radius 1 is 1.41 bits per heavy atom. The highest BCUT2D eigenvalue weighted by Crippen LogP contribution is 2.24. The van der Waals surface area contributed by atoms with Gasteiger partial charge < -0.3 is 9.84 Å². The van der Waals surface area contributed by atoms with Gasteiger partial charge in [0.2, 0.25) is 5.89 Å². The molecule has 1 aromatic heterocycles. The van der Waals surface area contributed by atoms with Crippen LogP contribution in [0.1, 0.15) is 44.4 Å². The fourth-order valence-corrected chi connectivity index (χ4v) is 1.95. The zero-order valence-electron chi connectivity index (χ0n) is 11.1. The minimum absolute atomic E-state index is 0.237. The van der Waals surface area contributed by atoms with Crippen LogP contribution < -0.4 is 5.32 Å². The van der Waals surface area contributed by atoms with E-state index in [-0.39, 0.29) is 6.04 Å². The molecule has 1 aromatic rings. The van der Waals surface area contributed by atoms with E-state index in [1.54, 1.807) is 0 Å². The lowest BCUT2D eigenvalue weighted by Gasteiger charge is -2.30. The van der Waals surface area contributed by atoms with Gasteiger partial charge in [-0.1, -0.05) is 25.9 Å². The van der Waals surface area contributed by atoms with Crippen molar-refractivity contribution in [1.29, 1.82) is 0 Å². The van der Waals surface area contributed by atoms with Crippen LogP contribution in [0.2, 0.25) is 0 Å². The molecule has 1 aliphatic heterocycles. The van der Waals surface area contributed by atoms with Gasteiger partial charge in [-0.3, -0.25) is 4.90 Å². The molecule has 2 unspecified atom stereocenters. The number of nitrogens with one attached hydrogen (secondary N) is 1. The van der Waals surface area contributed by atoms with Gasteiger partial charge in [0.25, 0.3) is 0 Å². The van der Waals surface area contributed by atoms with Crippen molar-refractivity contribution in [2.24, 2.45) is 5.92 Å². The molecular formula is C12H22N4O. The fourth-order valence-electron chi connectivity index (χ4n) is 1.95. The number of hydrogen-bond acceptors (Lipinski definition) is 5. The van der Waals surface area contributed by atoms with Gasteiger partial charge in [-0.2, -0.15) is 4.98 Å². The lowest BCUT2D eigenvalue weighted by atomic mass is 9.98. The molecule has 0 aliphatic carbocycles. The van der Waals surface area contributed by atoms with Crippen LogP contribution in [0.4, 0.5) is 0 Å². The lowest BCUT2D eigenvalue weighted by Crippen LogP contribution is -2.44. The molecule has 1 aliphatic rings. The van der Waals surface area contributed by atoms with E-state index < -0.39 is 0 Å². The second-order valence-corrected chi connectivity index (χ2v) is 5.22. The Morgan fingerprint density at radius 3 is 2.82 bits per heavy atom. The number of piperazine rings is 1. The Kier molecular flexibility index (Phi) is 3.79. The van der Waals surface area contributed by atoms with Crippen LogP contribution in [0, 0.1) is 5.92 Å². The van der Waals surface area contributed by atoms with Gasteiger partial charge in [-0.15, -0.1) is 0 Å². The molecule has 0 saturated carbocycles. The quantitative estimate of drug-likeness (QED) is 0.862. The van der Waals surface area contributed by atoms with E-state index in [0.29, 0.717) is 11.8 Å². The Labute approximate surface area is 103 Å². The molecule has 1 N–H and O–H groups in total. The first kappa shape index (κ1) is 12.5. The van der Waals surface area contributed by atoms with E-state index in [4.69, 9.17) is 4.52 Å². The van der Waals surface area contributed by atoms with Crippen LogP contribution in [0.5, 0.6) is 0 Å². The SMILES string of the molecule is CC(C)C(C)c1nc(C2CNCCN2C)no1. The summed E-state index contributed by atoms with van der Waals surface area (Å²) >= 11 is 0. The second-order valence-electron chi connectivity index (χ2n) is 5.22. The van der Waals surface area contributed by atoms with Gasteiger partial charge >= 0.3 is 0 Å². The molecule has 2 heterocycles. The highest BCUT2D eigenvalue weighted by molar-refractivity contribution is 5.00. The smallest absolute Gasteiger partial charge is 0.229 e. The zero-order chi connectivity index (χ0) is 12.4. The molecule has 5 heteroatoms. The normalized spacial score (nSPS) is 24.2. The predicted octanol–water partition coefficient (Wildman–Crippen LogP) is 1.41. The minimum Gasteiger partial charge on any atom is -0.339 e. The monoisotopic (exact) mass is 238 g/mol. The summed E-state index contributed by atoms with van der Waals surface area (Å²) in [7, 11) is 2.10. The van der Waals surface area contributed by atoms with Crippen molar-refractivity contribution < 1.29 is 4.52 Å². The van der Waals surface area contributed by atoms with E-state index in [2.05, 4.69) is 48.2 Å². The van der Waals surface area contributed by atoms with E-state index in [1.807, 2.05) is 0 Å². The lowest BCUT2D eigenvalue weighted by molar-refractivity contribution is 0.190. The fraction of sp³-hybridized carbons (Fsp3) is 0.833. The van der Waals surface area contributed by atoms with Crippen molar-refractivity contribution in [3.63, 3.8) is 0 Å². The Bertz CT molecular complexity index is 363. The van der Waals surface area contributed by atoms with Gasteiger partial charge in [-0.25, -0.2) is 0 Å². The summed E-state index contributed by atoms with van der Waals surface area (Å²) in [5.41, 5.74) is 0. The molecule has 5 nitrogen and oxygen atoms in total. The largest absolute Gasteiger partial charge is 0.339 e. The van der Waals surface area contributed by atoms with Crippen LogP contribution in [-0.2, 0) is 0 Å². The third-order valence-corrected chi connectivity index (χ3v) is 3.66. The average molecular weight is 238 g/mol. The van der Waals surface area contributed by atoms with Gasteiger partial charge in [-0.05, 0) is 13.0 Å². The van der Waals surface area contributed by atoms with Crippen LogP contribution >= 0.6 is 0 Å². The van der Waals surface area contributed by atoms with Gasteiger partial charge in [0, 0.05) is 25.6 Å². The molecule has 1 fully saturated rings. The molecule has 0 bridgehead atoms. The molecule has 2 atom stereocenters. The average Bonchev–Trinajstić information content (AvgIpc) is 2.77. The maximum atomic E-state index is 5.37. The van der Waals surface area contributed by atoms with Crippen molar-refractivity contribution >= 4 is 0 Å². The van der Waals surface area contributed by atoms with Crippen LogP contribution in [0.25, 0.3) is 0 Å². The van der Waals surface area contributed by atoms with Crippen molar-refractivity contribution in [1.82, 2.24) is 20.4 Å². The maximum Gasteiger partial charge on any atom is 0.229 e. The summed E-state index contributed by atoms with van der Waals surface area (Å²) in [5, 5.41) is 7.49. The highest BCUT2D eigenvalue weighted by Gasteiger charge is 2.26. The minimum atomic E-state index is 0.237. The molecule has 0 spiro atoms. The number of hydrogen-bond donors (Lipinski definition) is 1. The summed E-state index contributed by atoms with van der Waals surface area (Å²) in [6, 6.07) is 0.237. The number of nitrogens with zero attached hydrogens (tertiary/aromatic N) is 3. The molecule has 0 aromatic carbocycles. The molecule has 1 saturated heterocycles. The van der Waals surface area contributed by atoms with E-state index in [1.165, 1.54) is 0 Å². The maximum absolute atomic E-state index is 5.37. The molecular weight excluding hydrogens is 216 g/mol. The van der Waals surface area contributed by atoms with Crippen LogP contribution in [0.3, 0.4) is 0 Å². The summed E-state index contributed by atoms with van der Waals surface area (Å²) in [6.45, 7) is 9.41. The molecule has 0 radical (unpaired) electrons. The molecule has 0 amide bonds. The van der Waals surface area contributed by atoms with Gasteiger partial charge in [0.15, 0.2) is 5.82 Å². The third-order valence-electron chi connectivity index (χ3n) is 3.66. The predicted molar refractivity (Wildman–Crippen MR) is 65.8 cm³/mol. The summed E-state index contributed by atoms with van der Waals surface area (Å²) < 4.78 is 5.37. The number of likely N-dealkylation sites (N-methyl/N-ethyl adjacent to an activating group) is 1. The van der Waals surface area contributed by atoms with Gasteiger partial charge in [0.05, 0.1) is 6.04 Å². The first-order valence-corrected chi connectivity index (χ1v) is 6.34. The second kappa shape index (κ2) is 5.14. The summed E-state index contributed by atoms with van der Waals surface area (Å²) in [4.78, 5) is 6.82. The van der Waals surface area contributed by atoms with Gasteiger partial charge in [0.1, 0.15) is 0 Å². The van der Waals surface area contributed by atoms with Crippen LogP contribution in [0.15, 0.2) is 4.52 Å². The molecule has 2 rings (SSSR count). The van der Waals surface area contributed by atoms with Crippen LogP contribution in [-0.4, -0.2) is 41.7 Å². The summed E-state index contributed by atoms with van der Waals surface area (Å²) in [5.74, 6) is 2.40. The Morgan fingerprint density at radius 2 is 2.18 bits per heavy atom. The van der Waals surface area contributed by atoms with Crippen molar-refractivity contribution in [2.75, 3.05) is 26.7 Å².